The summed E-state index contributed by atoms with van der Waals surface area (Å²) >= 11 is 0. The molecule has 156 valence electrons. The molecule has 1 atom stereocenters. The van der Waals surface area contributed by atoms with E-state index in [1.807, 2.05) is 25.1 Å². The van der Waals surface area contributed by atoms with Crippen LogP contribution in [0.1, 0.15) is 28.8 Å². The quantitative estimate of drug-likeness (QED) is 0.673. The van der Waals surface area contributed by atoms with Gasteiger partial charge in [-0.2, -0.15) is 0 Å². The highest BCUT2D eigenvalue weighted by Crippen LogP contribution is 2.33. The van der Waals surface area contributed by atoms with Crippen LogP contribution in [-0.2, 0) is 4.79 Å². The summed E-state index contributed by atoms with van der Waals surface area (Å²) < 4.78 is 11.1. The van der Waals surface area contributed by atoms with Gasteiger partial charge in [0, 0.05) is 24.3 Å². The van der Waals surface area contributed by atoms with Crippen LogP contribution in [0.3, 0.4) is 0 Å². The highest BCUT2D eigenvalue weighted by Gasteiger charge is 2.20. The standard InChI is InChI=1S/C24H26N2O4/c1-4-12-26(13-5-2)24(28)18-6-9-20(10-7-18)25-23(27)17(3)19-8-11-21-22(16-19)30-15-14-29-21/h4-11,16-17H,1-2,12-15H2,3H3,(H,25,27). The number of ether oxygens (including phenoxy) is 2. The van der Waals surface area contributed by atoms with Crippen molar-refractivity contribution in [2.24, 2.45) is 0 Å². The molecule has 2 aromatic carbocycles. The molecule has 6 nitrogen and oxygen atoms in total. The van der Waals surface area contributed by atoms with Gasteiger partial charge in [-0.1, -0.05) is 18.2 Å². The number of benzene rings is 2. The number of rotatable bonds is 8. The van der Waals surface area contributed by atoms with Crippen molar-refractivity contribution in [1.82, 2.24) is 4.90 Å². The first-order chi connectivity index (χ1) is 14.5. The largest absolute Gasteiger partial charge is 0.486 e. The van der Waals surface area contributed by atoms with Gasteiger partial charge >= 0.3 is 0 Å². The molecule has 1 unspecified atom stereocenters. The van der Waals surface area contributed by atoms with Gasteiger partial charge in [-0.25, -0.2) is 0 Å². The van der Waals surface area contributed by atoms with Crippen molar-refractivity contribution in [2.75, 3.05) is 31.6 Å². The van der Waals surface area contributed by atoms with Crippen molar-refractivity contribution in [1.29, 1.82) is 0 Å². The third kappa shape index (κ3) is 4.89. The second kappa shape index (κ2) is 9.78. The Balaban J connectivity index is 1.66. The Labute approximate surface area is 176 Å². The van der Waals surface area contributed by atoms with Crippen LogP contribution in [0, 0.1) is 0 Å². The second-order valence-electron chi connectivity index (χ2n) is 6.98. The van der Waals surface area contributed by atoms with Gasteiger partial charge in [0.1, 0.15) is 13.2 Å². The van der Waals surface area contributed by atoms with Crippen LogP contribution in [0.25, 0.3) is 0 Å². The van der Waals surface area contributed by atoms with Gasteiger partial charge < -0.3 is 19.7 Å². The summed E-state index contributed by atoms with van der Waals surface area (Å²) in [6, 6.07) is 12.4. The number of anilines is 1. The van der Waals surface area contributed by atoms with Crippen LogP contribution in [0.4, 0.5) is 5.69 Å². The first-order valence-electron chi connectivity index (χ1n) is 9.85. The van der Waals surface area contributed by atoms with Crippen molar-refractivity contribution < 1.29 is 19.1 Å². The summed E-state index contributed by atoms with van der Waals surface area (Å²) in [4.78, 5) is 26.9. The maximum atomic E-state index is 12.7. The lowest BCUT2D eigenvalue weighted by Crippen LogP contribution is -2.31. The number of nitrogens with one attached hydrogen (secondary N) is 1. The minimum Gasteiger partial charge on any atom is -0.486 e. The van der Waals surface area contributed by atoms with Gasteiger partial charge in [-0.3, -0.25) is 9.59 Å². The van der Waals surface area contributed by atoms with Crippen LogP contribution in [-0.4, -0.2) is 43.0 Å². The Bertz CT molecular complexity index is 927. The van der Waals surface area contributed by atoms with E-state index in [9.17, 15) is 9.59 Å². The smallest absolute Gasteiger partial charge is 0.254 e. The Kier molecular flexibility index (Phi) is 6.91. The number of hydrogen-bond acceptors (Lipinski definition) is 4. The van der Waals surface area contributed by atoms with E-state index < -0.39 is 0 Å². The minimum absolute atomic E-state index is 0.114. The van der Waals surface area contributed by atoms with Gasteiger partial charge in [-0.05, 0) is 48.9 Å². The molecule has 0 saturated heterocycles. The summed E-state index contributed by atoms with van der Waals surface area (Å²) in [6.45, 7) is 11.1. The van der Waals surface area contributed by atoms with E-state index in [1.54, 1.807) is 41.3 Å². The third-order valence-corrected chi connectivity index (χ3v) is 4.85. The summed E-state index contributed by atoms with van der Waals surface area (Å²) in [7, 11) is 0. The molecule has 1 aliphatic rings. The fourth-order valence-electron chi connectivity index (χ4n) is 3.16. The van der Waals surface area contributed by atoms with E-state index in [0.717, 1.165) is 5.56 Å². The highest BCUT2D eigenvalue weighted by atomic mass is 16.6. The van der Waals surface area contributed by atoms with Crippen LogP contribution in [0.5, 0.6) is 11.5 Å². The van der Waals surface area contributed by atoms with Crippen molar-refractivity contribution in [2.45, 2.75) is 12.8 Å². The molecule has 0 aromatic heterocycles. The van der Waals surface area contributed by atoms with Gasteiger partial charge in [0.15, 0.2) is 11.5 Å². The molecular weight excluding hydrogens is 380 g/mol. The molecule has 1 heterocycles. The molecule has 0 aliphatic carbocycles. The van der Waals surface area contributed by atoms with Crippen LogP contribution >= 0.6 is 0 Å². The van der Waals surface area contributed by atoms with Crippen molar-refractivity contribution >= 4 is 17.5 Å². The Hall–Kier alpha value is -3.54. The van der Waals surface area contributed by atoms with Gasteiger partial charge in [0.05, 0.1) is 5.92 Å². The SMILES string of the molecule is C=CCN(CC=C)C(=O)c1ccc(NC(=O)C(C)c2ccc3c(c2)OCCO3)cc1. The number of carbonyl (C=O) groups is 2. The highest BCUT2D eigenvalue weighted by molar-refractivity contribution is 5.97. The average molecular weight is 406 g/mol. The van der Waals surface area contributed by atoms with Crippen molar-refractivity contribution in [3.05, 3.63) is 78.9 Å². The molecular formula is C24H26N2O4. The maximum Gasteiger partial charge on any atom is 0.254 e. The van der Waals surface area contributed by atoms with E-state index in [-0.39, 0.29) is 17.7 Å². The third-order valence-electron chi connectivity index (χ3n) is 4.85. The molecule has 6 heteroatoms. The molecule has 0 fully saturated rings. The van der Waals surface area contributed by atoms with Gasteiger partial charge in [-0.15, -0.1) is 13.2 Å². The number of amides is 2. The van der Waals surface area contributed by atoms with Crippen LogP contribution in [0.2, 0.25) is 0 Å². The normalized spacial score (nSPS) is 13.1. The second-order valence-corrected chi connectivity index (χ2v) is 6.98. The molecule has 0 spiro atoms. The Morgan fingerprint density at radius 3 is 2.30 bits per heavy atom. The number of fused-ring (bicyclic) bond motifs is 1. The summed E-state index contributed by atoms with van der Waals surface area (Å²) in [5, 5.41) is 2.90. The van der Waals surface area contributed by atoms with E-state index in [2.05, 4.69) is 18.5 Å². The Morgan fingerprint density at radius 1 is 1.03 bits per heavy atom. The number of nitrogens with zero attached hydrogens (tertiary/aromatic N) is 1. The van der Waals surface area contributed by atoms with E-state index in [1.165, 1.54) is 0 Å². The zero-order chi connectivity index (χ0) is 21.5. The summed E-state index contributed by atoms with van der Waals surface area (Å²) in [5.74, 6) is 0.713. The number of carbonyl (C=O) groups excluding carboxylic acids is 2. The first-order valence-corrected chi connectivity index (χ1v) is 9.85. The van der Waals surface area contributed by atoms with Crippen LogP contribution < -0.4 is 14.8 Å². The van der Waals surface area contributed by atoms with E-state index >= 15 is 0 Å². The predicted molar refractivity (Wildman–Crippen MR) is 117 cm³/mol. The zero-order valence-corrected chi connectivity index (χ0v) is 17.1. The molecule has 3 rings (SSSR count). The van der Waals surface area contributed by atoms with Crippen molar-refractivity contribution in [3.63, 3.8) is 0 Å². The van der Waals surface area contributed by atoms with Crippen molar-refractivity contribution in [3.8, 4) is 11.5 Å². The lowest BCUT2D eigenvalue weighted by Gasteiger charge is -2.20. The molecule has 0 saturated carbocycles. The summed E-state index contributed by atoms with van der Waals surface area (Å²) in [6.07, 6.45) is 3.35. The summed E-state index contributed by atoms with van der Waals surface area (Å²) in [5.41, 5.74) is 2.00. The van der Waals surface area contributed by atoms with E-state index in [0.29, 0.717) is 49.1 Å². The lowest BCUT2D eigenvalue weighted by atomic mass is 9.99. The van der Waals surface area contributed by atoms with Crippen LogP contribution in [0.15, 0.2) is 67.8 Å². The Morgan fingerprint density at radius 2 is 1.67 bits per heavy atom. The molecule has 0 bridgehead atoms. The average Bonchev–Trinajstić information content (AvgIpc) is 2.78. The molecule has 2 aromatic rings. The molecule has 1 aliphatic heterocycles. The van der Waals surface area contributed by atoms with Gasteiger partial charge in [0.2, 0.25) is 5.91 Å². The monoisotopic (exact) mass is 406 g/mol. The minimum atomic E-state index is -0.377. The molecule has 2 amide bonds. The fourth-order valence-corrected chi connectivity index (χ4v) is 3.16. The first kappa shape index (κ1) is 21.2. The molecule has 30 heavy (non-hydrogen) atoms. The maximum absolute atomic E-state index is 12.7. The fraction of sp³-hybridized carbons (Fsp3) is 0.250. The number of hydrogen-bond donors (Lipinski definition) is 1. The van der Waals surface area contributed by atoms with E-state index in [4.69, 9.17) is 9.47 Å². The topological polar surface area (TPSA) is 67.9 Å². The van der Waals surface area contributed by atoms with Gasteiger partial charge in [0.25, 0.3) is 5.91 Å². The molecule has 0 radical (unpaired) electrons. The lowest BCUT2D eigenvalue weighted by molar-refractivity contribution is -0.117. The predicted octanol–water partition coefficient (Wildman–Crippen LogP) is 4.01. The zero-order valence-electron chi connectivity index (χ0n) is 17.1. The molecule has 1 N–H and O–H groups in total.